The van der Waals surface area contributed by atoms with Crippen molar-refractivity contribution in [3.05, 3.63) is 47.8 Å². The SMILES string of the molecule is CC(C)CCc1ccc(C(F)(F)F)nc1Nc1ccc2c(cnn2COCC[Si](C)(C)C)c1. The number of hydrogen-bond donors (Lipinski definition) is 1. The summed E-state index contributed by atoms with van der Waals surface area (Å²) in [6.07, 6.45) is -1.24. The van der Waals surface area contributed by atoms with E-state index in [9.17, 15) is 13.2 Å². The third-order valence-corrected chi connectivity index (χ3v) is 7.08. The zero-order valence-corrected chi connectivity index (χ0v) is 21.0. The molecule has 180 valence electrons. The molecule has 9 heteroatoms. The molecule has 0 aliphatic carbocycles. The van der Waals surface area contributed by atoms with Crippen LogP contribution in [0, 0.1) is 5.92 Å². The summed E-state index contributed by atoms with van der Waals surface area (Å²) in [5.74, 6) is 0.683. The van der Waals surface area contributed by atoms with Crippen LogP contribution in [0.5, 0.6) is 0 Å². The lowest BCUT2D eigenvalue weighted by atomic mass is 10.0. The second-order valence-corrected chi connectivity index (χ2v) is 15.6. The van der Waals surface area contributed by atoms with Gasteiger partial charge in [-0.25, -0.2) is 9.67 Å². The molecule has 0 radical (unpaired) electrons. The van der Waals surface area contributed by atoms with Crippen molar-refractivity contribution in [1.82, 2.24) is 14.8 Å². The summed E-state index contributed by atoms with van der Waals surface area (Å²) in [5, 5.41) is 8.38. The molecule has 5 nitrogen and oxygen atoms in total. The Morgan fingerprint density at radius 3 is 2.55 bits per heavy atom. The van der Waals surface area contributed by atoms with Gasteiger partial charge in [-0.2, -0.15) is 18.3 Å². The van der Waals surface area contributed by atoms with Crippen LogP contribution in [0.25, 0.3) is 10.9 Å². The number of nitrogens with one attached hydrogen (secondary N) is 1. The van der Waals surface area contributed by atoms with Crippen molar-refractivity contribution in [2.75, 3.05) is 11.9 Å². The molecule has 2 heterocycles. The van der Waals surface area contributed by atoms with E-state index in [2.05, 4.69) is 48.9 Å². The molecule has 0 atom stereocenters. The van der Waals surface area contributed by atoms with Gasteiger partial charge in [0.05, 0.1) is 11.7 Å². The molecule has 0 bridgehead atoms. The first kappa shape index (κ1) is 25.2. The first-order chi connectivity index (χ1) is 15.4. The van der Waals surface area contributed by atoms with Gasteiger partial charge in [-0.3, -0.25) is 0 Å². The van der Waals surface area contributed by atoms with Crippen molar-refractivity contribution in [3.63, 3.8) is 0 Å². The van der Waals surface area contributed by atoms with E-state index in [1.165, 1.54) is 6.07 Å². The topological polar surface area (TPSA) is 52.0 Å². The van der Waals surface area contributed by atoms with Crippen molar-refractivity contribution < 1.29 is 17.9 Å². The van der Waals surface area contributed by atoms with Crippen LogP contribution in [0.4, 0.5) is 24.7 Å². The number of rotatable bonds is 10. The van der Waals surface area contributed by atoms with Crippen LogP contribution in [-0.2, 0) is 24.1 Å². The van der Waals surface area contributed by atoms with Gasteiger partial charge in [0.1, 0.15) is 18.2 Å². The lowest BCUT2D eigenvalue weighted by Gasteiger charge is -2.16. The van der Waals surface area contributed by atoms with Gasteiger partial charge in [-0.15, -0.1) is 0 Å². The zero-order chi connectivity index (χ0) is 24.2. The molecule has 2 aromatic heterocycles. The van der Waals surface area contributed by atoms with Crippen LogP contribution in [0.2, 0.25) is 25.7 Å². The van der Waals surface area contributed by atoms with Gasteiger partial charge in [-0.1, -0.05) is 39.6 Å². The van der Waals surface area contributed by atoms with Crippen molar-refractivity contribution in [2.45, 2.75) is 65.3 Å². The summed E-state index contributed by atoms with van der Waals surface area (Å²) in [6.45, 7) is 12.2. The van der Waals surface area contributed by atoms with Crippen molar-refractivity contribution in [1.29, 1.82) is 0 Å². The molecule has 0 saturated carbocycles. The van der Waals surface area contributed by atoms with Gasteiger partial charge in [0.2, 0.25) is 0 Å². The smallest absolute Gasteiger partial charge is 0.360 e. The average molecular weight is 479 g/mol. The number of anilines is 2. The predicted octanol–water partition coefficient (Wildman–Crippen LogP) is 7.09. The highest BCUT2D eigenvalue weighted by molar-refractivity contribution is 6.76. The Morgan fingerprint density at radius 1 is 1.12 bits per heavy atom. The summed E-state index contributed by atoms with van der Waals surface area (Å²) < 4.78 is 47.3. The highest BCUT2D eigenvalue weighted by Gasteiger charge is 2.33. The second-order valence-electron chi connectivity index (χ2n) is 10.0. The first-order valence-corrected chi connectivity index (χ1v) is 15.0. The van der Waals surface area contributed by atoms with E-state index in [-0.39, 0.29) is 5.82 Å². The molecule has 0 fully saturated rings. The number of benzene rings is 1. The summed E-state index contributed by atoms with van der Waals surface area (Å²) >= 11 is 0. The third-order valence-electron chi connectivity index (χ3n) is 5.37. The molecule has 1 N–H and O–H groups in total. The van der Waals surface area contributed by atoms with Gasteiger partial charge < -0.3 is 10.1 Å². The molecule has 0 spiro atoms. The van der Waals surface area contributed by atoms with E-state index in [0.717, 1.165) is 35.0 Å². The van der Waals surface area contributed by atoms with Crippen molar-refractivity contribution >= 4 is 30.5 Å². The van der Waals surface area contributed by atoms with Crippen molar-refractivity contribution in [3.8, 4) is 0 Å². The number of aryl methyl sites for hydroxylation is 1. The zero-order valence-electron chi connectivity index (χ0n) is 20.0. The number of pyridine rings is 1. The standard InChI is InChI=1S/C24H33F3N4OSi/c1-17(2)6-7-18-8-11-22(24(25,26)27)30-23(18)29-20-9-10-21-19(14-20)15-28-31(21)16-32-12-13-33(3,4)5/h8-11,14-15,17H,6-7,12-13,16H2,1-5H3,(H,29,30). The van der Waals surface area contributed by atoms with E-state index < -0.39 is 19.9 Å². The molecule has 0 unspecified atom stereocenters. The Morgan fingerprint density at radius 2 is 1.88 bits per heavy atom. The maximum atomic E-state index is 13.2. The number of aromatic nitrogens is 3. The molecule has 33 heavy (non-hydrogen) atoms. The number of hydrogen-bond acceptors (Lipinski definition) is 4. The fourth-order valence-corrected chi connectivity index (χ4v) is 4.09. The number of fused-ring (bicyclic) bond motifs is 1. The Bertz CT molecular complexity index is 1070. The van der Waals surface area contributed by atoms with E-state index in [1.807, 2.05) is 18.2 Å². The van der Waals surface area contributed by atoms with E-state index in [1.54, 1.807) is 10.9 Å². The lowest BCUT2D eigenvalue weighted by molar-refractivity contribution is -0.141. The van der Waals surface area contributed by atoms with Crippen LogP contribution in [0.15, 0.2) is 36.5 Å². The summed E-state index contributed by atoms with van der Waals surface area (Å²) in [7, 11) is -1.15. The summed E-state index contributed by atoms with van der Waals surface area (Å²) in [4.78, 5) is 3.90. The van der Waals surface area contributed by atoms with Gasteiger partial charge in [0.15, 0.2) is 0 Å². The van der Waals surface area contributed by atoms with Gasteiger partial charge in [0.25, 0.3) is 0 Å². The largest absolute Gasteiger partial charge is 0.433 e. The fraction of sp³-hybridized carbons (Fsp3) is 0.500. The molecule has 0 aliphatic heterocycles. The second kappa shape index (κ2) is 10.3. The number of nitrogens with zero attached hydrogens (tertiary/aromatic N) is 3. The van der Waals surface area contributed by atoms with E-state index in [4.69, 9.17) is 4.74 Å². The minimum atomic E-state index is -4.49. The van der Waals surface area contributed by atoms with Crippen LogP contribution in [0.3, 0.4) is 0 Å². The van der Waals surface area contributed by atoms with Crippen LogP contribution in [-0.4, -0.2) is 29.4 Å². The van der Waals surface area contributed by atoms with Gasteiger partial charge >= 0.3 is 6.18 Å². The Hall–Kier alpha value is -2.39. The monoisotopic (exact) mass is 478 g/mol. The van der Waals surface area contributed by atoms with E-state index >= 15 is 0 Å². The molecule has 0 amide bonds. The number of ether oxygens (including phenoxy) is 1. The predicted molar refractivity (Wildman–Crippen MR) is 130 cm³/mol. The van der Waals surface area contributed by atoms with Crippen LogP contribution >= 0.6 is 0 Å². The molecule has 3 rings (SSSR count). The van der Waals surface area contributed by atoms with Gasteiger partial charge in [-0.05, 0) is 54.6 Å². The first-order valence-electron chi connectivity index (χ1n) is 11.3. The molecular weight excluding hydrogens is 445 g/mol. The normalized spacial score (nSPS) is 12.6. The highest BCUT2D eigenvalue weighted by Crippen LogP contribution is 2.31. The summed E-state index contributed by atoms with van der Waals surface area (Å²) in [5.41, 5.74) is 1.44. The fourth-order valence-electron chi connectivity index (χ4n) is 3.33. The number of halogens is 3. The third kappa shape index (κ3) is 7.30. The Kier molecular flexibility index (Phi) is 7.84. The quantitative estimate of drug-likeness (QED) is 0.250. The minimum absolute atomic E-state index is 0.242. The molecule has 1 aromatic carbocycles. The van der Waals surface area contributed by atoms with Crippen molar-refractivity contribution in [2.24, 2.45) is 5.92 Å². The summed E-state index contributed by atoms with van der Waals surface area (Å²) in [6, 6.07) is 9.26. The number of alkyl halides is 3. The lowest BCUT2D eigenvalue weighted by Crippen LogP contribution is -2.22. The van der Waals surface area contributed by atoms with Crippen LogP contribution in [0.1, 0.15) is 31.5 Å². The molecular formula is C24H33F3N4OSi. The minimum Gasteiger partial charge on any atom is -0.360 e. The Balaban J connectivity index is 1.78. The van der Waals surface area contributed by atoms with Crippen LogP contribution < -0.4 is 5.32 Å². The Labute approximate surface area is 194 Å². The highest BCUT2D eigenvalue weighted by atomic mass is 28.3. The van der Waals surface area contributed by atoms with E-state index in [0.29, 0.717) is 31.4 Å². The maximum absolute atomic E-state index is 13.2. The molecule has 3 aromatic rings. The molecule has 0 saturated heterocycles. The van der Waals surface area contributed by atoms with Gasteiger partial charge in [0, 0.05) is 25.8 Å². The molecule has 0 aliphatic rings. The maximum Gasteiger partial charge on any atom is 0.433 e. The average Bonchev–Trinajstić information content (AvgIpc) is 3.11.